The van der Waals surface area contributed by atoms with E-state index in [9.17, 15) is 14.4 Å². The van der Waals surface area contributed by atoms with Gasteiger partial charge in [-0.2, -0.15) is 0 Å². The zero-order valence-electron chi connectivity index (χ0n) is 22.8. The van der Waals surface area contributed by atoms with Crippen molar-refractivity contribution in [1.29, 1.82) is 0 Å². The predicted octanol–water partition coefficient (Wildman–Crippen LogP) is 3.47. The lowest BCUT2D eigenvalue weighted by atomic mass is 10.1. The maximum Gasteiger partial charge on any atom is 0.337 e. The number of esters is 1. The fraction of sp³-hybridized carbons (Fsp3) is 0.414. The molecule has 206 valence electrons. The quantitative estimate of drug-likeness (QED) is 0.328. The molecule has 2 aliphatic heterocycles. The molecule has 2 aromatic carbocycles. The van der Waals surface area contributed by atoms with Gasteiger partial charge in [0.15, 0.2) is 0 Å². The van der Waals surface area contributed by atoms with Crippen LogP contribution in [0.2, 0.25) is 0 Å². The number of aromatic nitrogens is 2. The molecule has 0 saturated carbocycles. The third-order valence-corrected chi connectivity index (χ3v) is 8.70. The van der Waals surface area contributed by atoms with E-state index in [4.69, 9.17) is 4.74 Å². The molecule has 0 atom stereocenters. The number of carbonyl (C=O) groups is 1. The zero-order valence-corrected chi connectivity index (χ0v) is 23.6. The molecule has 1 aromatic heterocycles. The zero-order chi connectivity index (χ0) is 27.5. The highest BCUT2D eigenvalue weighted by molar-refractivity contribution is 7.99. The number of fused-ring (bicyclic) bond motifs is 2. The lowest BCUT2D eigenvalue weighted by molar-refractivity contribution is 0.0600. The topological polar surface area (TPSA) is 80.0 Å². The molecule has 2 aliphatic rings. The minimum Gasteiger partial charge on any atom is -0.465 e. The van der Waals surface area contributed by atoms with Gasteiger partial charge in [-0.25, -0.2) is 9.59 Å². The van der Waals surface area contributed by atoms with Gasteiger partial charge < -0.3 is 19.4 Å². The predicted molar refractivity (Wildman–Crippen MR) is 155 cm³/mol. The summed E-state index contributed by atoms with van der Waals surface area (Å²) in [5.74, 6) is 0.365. The molecule has 0 aliphatic carbocycles. The summed E-state index contributed by atoms with van der Waals surface area (Å²) >= 11 is 1.73. The fourth-order valence-corrected chi connectivity index (χ4v) is 6.44. The molecule has 10 heteroatoms. The summed E-state index contributed by atoms with van der Waals surface area (Å²) in [5, 5.41) is 0. The molecule has 3 aromatic rings. The van der Waals surface area contributed by atoms with Crippen molar-refractivity contribution in [2.45, 2.75) is 29.1 Å². The normalized spacial score (nSPS) is 15.5. The average molecular weight is 550 g/mol. The Morgan fingerprint density at radius 1 is 0.872 bits per heavy atom. The third kappa shape index (κ3) is 5.62. The second kappa shape index (κ2) is 11.7. The number of benzene rings is 2. The van der Waals surface area contributed by atoms with Crippen molar-refractivity contribution in [2.24, 2.45) is 14.1 Å². The number of para-hydroxylation sites is 1. The minimum absolute atomic E-state index is 0.271. The second-order valence-corrected chi connectivity index (χ2v) is 11.1. The molecule has 0 radical (unpaired) electrons. The molecular formula is C29H35N5O4S. The van der Waals surface area contributed by atoms with Gasteiger partial charge in [0.1, 0.15) is 5.82 Å². The summed E-state index contributed by atoms with van der Waals surface area (Å²) < 4.78 is 7.67. The van der Waals surface area contributed by atoms with Gasteiger partial charge in [-0.1, -0.05) is 23.9 Å². The fourth-order valence-electron chi connectivity index (χ4n) is 5.37. The number of rotatable bonds is 7. The second-order valence-electron chi connectivity index (χ2n) is 10.0. The molecule has 1 fully saturated rings. The smallest absolute Gasteiger partial charge is 0.337 e. The van der Waals surface area contributed by atoms with Gasteiger partial charge in [-0.3, -0.25) is 13.9 Å². The first-order chi connectivity index (χ1) is 18.9. The van der Waals surface area contributed by atoms with Gasteiger partial charge in [0, 0.05) is 56.1 Å². The number of hydrogen-bond donors (Lipinski definition) is 0. The largest absolute Gasteiger partial charge is 0.465 e. The summed E-state index contributed by atoms with van der Waals surface area (Å²) in [7, 11) is 4.65. The van der Waals surface area contributed by atoms with Crippen molar-refractivity contribution < 1.29 is 9.53 Å². The number of methoxy groups -OCH3 is 1. The summed E-state index contributed by atoms with van der Waals surface area (Å²) in [6.07, 6.45) is 3.02. The lowest BCUT2D eigenvalue weighted by Gasteiger charge is -2.33. The number of carbonyl (C=O) groups excluding carboxylic acids is 1. The molecule has 3 heterocycles. The van der Waals surface area contributed by atoms with E-state index in [1.165, 1.54) is 24.7 Å². The van der Waals surface area contributed by atoms with E-state index in [-0.39, 0.29) is 17.2 Å². The Balaban J connectivity index is 1.22. The number of nitrogens with zero attached hydrogens (tertiary/aromatic N) is 5. The van der Waals surface area contributed by atoms with Crippen LogP contribution in [-0.4, -0.2) is 66.4 Å². The van der Waals surface area contributed by atoms with E-state index < -0.39 is 0 Å². The Kier molecular flexibility index (Phi) is 8.13. The molecule has 0 N–H and O–H groups in total. The van der Waals surface area contributed by atoms with Crippen molar-refractivity contribution in [3.8, 4) is 0 Å². The first kappa shape index (κ1) is 27.1. The van der Waals surface area contributed by atoms with Crippen molar-refractivity contribution in [3.05, 3.63) is 74.9 Å². The SMILES string of the molecule is COC(=O)c1ccc2c(c1)N(CCCCN1CCCN(c3cc(=O)n(C)c(=O)n3C)CC1)c1ccccc1S2. The van der Waals surface area contributed by atoms with E-state index in [1.807, 2.05) is 18.2 Å². The number of anilines is 3. The van der Waals surface area contributed by atoms with E-state index in [0.29, 0.717) is 11.4 Å². The van der Waals surface area contributed by atoms with Crippen LogP contribution >= 0.6 is 11.8 Å². The van der Waals surface area contributed by atoms with Crippen LogP contribution in [0.5, 0.6) is 0 Å². The molecule has 5 rings (SSSR count). The van der Waals surface area contributed by atoms with Crippen LogP contribution in [0.4, 0.5) is 17.2 Å². The Bertz CT molecular complexity index is 1480. The van der Waals surface area contributed by atoms with Gasteiger partial charge in [0.2, 0.25) is 0 Å². The number of ether oxygens (including phenoxy) is 1. The van der Waals surface area contributed by atoms with Crippen LogP contribution in [0.1, 0.15) is 29.6 Å². The van der Waals surface area contributed by atoms with Crippen LogP contribution in [-0.2, 0) is 18.8 Å². The Morgan fingerprint density at radius 3 is 2.46 bits per heavy atom. The van der Waals surface area contributed by atoms with E-state index in [0.717, 1.165) is 73.7 Å². The monoisotopic (exact) mass is 549 g/mol. The van der Waals surface area contributed by atoms with Crippen molar-refractivity contribution >= 4 is 34.9 Å². The first-order valence-electron chi connectivity index (χ1n) is 13.4. The van der Waals surface area contributed by atoms with Crippen molar-refractivity contribution in [3.63, 3.8) is 0 Å². The maximum absolute atomic E-state index is 12.4. The van der Waals surface area contributed by atoms with Gasteiger partial charge in [-0.05, 0) is 62.7 Å². The molecule has 1 saturated heterocycles. The molecule has 9 nitrogen and oxygen atoms in total. The van der Waals surface area contributed by atoms with Crippen LogP contribution in [0, 0.1) is 0 Å². The van der Waals surface area contributed by atoms with Gasteiger partial charge in [0.25, 0.3) is 5.56 Å². The highest BCUT2D eigenvalue weighted by Gasteiger charge is 2.25. The molecule has 0 unspecified atom stereocenters. The lowest BCUT2D eigenvalue weighted by Crippen LogP contribution is -2.41. The first-order valence-corrected chi connectivity index (χ1v) is 14.2. The van der Waals surface area contributed by atoms with Gasteiger partial charge in [0.05, 0.1) is 24.0 Å². The highest BCUT2D eigenvalue weighted by Crippen LogP contribution is 2.48. The number of hydrogen-bond acceptors (Lipinski definition) is 8. The minimum atomic E-state index is -0.326. The van der Waals surface area contributed by atoms with Crippen LogP contribution < -0.4 is 21.0 Å². The highest BCUT2D eigenvalue weighted by atomic mass is 32.2. The summed E-state index contributed by atoms with van der Waals surface area (Å²) in [6, 6.07) is 15.8. The average Bonchev–Trinajstić information content (AvgIpc) is 3.20. The molecule has 0 bridgehead atoms. The van der Waals surface area contributed by atoms with Crippen LogP contribution in [0.15, 0.2) is 67.9 Å². The van der Waals surface area contributed by atoms with Crippen LogP contribution in [0.25, 0.3) is 0 Å². The van der Waals surface area contributed by atoms with Gasteiger partial charge >= 0.3 is 11.7 Å². The van der Waals surface area contributed by atoms with E-state index in [1.54, 1.807) is 29.4 Å². The summed E-state index contributed by atoms with van der Waals surface area (Å²) in [5.41, 5.74) is 2.21. The molecule has 0 amide bonds. The van der Waals surface area contributed by atoms with Crippen LogP contribution in [0.3, 0.4) is 0 Å². The Hall–Kier alpha value is -3.50. The molecule has 0 spiro atoms. The maximum atomic E-state index is 12.4. The third-order valence-electron chi connectivity index (χ3n) is 7.57. The standard InChI is InChI=1S/C29H35N5O4S/c1-30-26(20-27(35)31(2)29(30)37)33-15-8-14-32(17-18-33)13-6-7-16-34-22-9-4-5-10-24(22)39-25-12-11-21(19-23(25)34)28(36)38-3/h4-5,9-12,19-20H,6-8,13-18H2,1-3H3. The Labute approximate surface area is 232 Å². The summed E-state index contributed by atoms with van der Waals surface area (Å²) in [6.45, 7) is 5.31. The number of unbranched alkanes of at least 4 members (excludes halogenated alkanes) is 1. The summed E-state index contributed by atoms with van der Waals surface area (Å²) in [4.78, 5) is 46.1. The van der Waals surface area contributed by atoms with Crippen molar-refractivity contribution in [2.75, 3.05) is 56.2 Å². The van der Waals surface area contributed by atoms with Crippen molar-refractivity contribution in [1.82, 2.24) is 14.0 Å². The van der Waals surface area contributed by atoms with E-state index in [2.05, 4.69) is 39.0 Å². The molecule has 39 heavy (non-hydrogen) atoms. The molecular weight excluding hydrogens is 514 g/mol. The van der Waals surface area contributed by atoms with Gasteiger partial charge in [-0.15, -0.1) is 0 Å². The van der Waals surface area contributed by atoms with E-state index >= 15 is 0 Å². The Morgan fingerprint density at radius 2 is 1.64 bits per heavy atom.